The first-order valence-electron chi connectivity index (χ1n) is 9.42. The maximum Gasteiger partial charge on any atom is 0.239 e. The highest BCUT2D eigenvalue weighted by molar-refractivity contribution is 5.94. The normalized spacial score (nSPS) is 36.3. The highest BCUT2D eigenvalue weighted by atomic mass is 16.5. The van der Waals surface area contributed by atoms with Gasteiger partial charge in [-0.05, 0) is 11.8 Å². The molecule has 0 aromatic rings. The Morgan fingerprint density at radius 2 is 2.15 bits per heavy atom. The fourth-order valence-corrected chi connectivity index (χ4v) is 4.77. The largest absolute Gasteiger partial charge is 0.360 e. The molecular formula is C19H27N3O4. The smallest absolute Gasteiger partial charge is 0.239 e. The van der Waals surface area contributed by atoms with E-state index in [0.29, 0.717) is 26.2 Å². The predicted octanol–water partition coefficient (Wildman–Crippen LogP) is 0.163. The van der Waals surface area contributed by atoms with E-state index in [1.807, 2.05) is 17.1 Å². The summed E-state index contributed by atoms with van der Waals surface area (Å²) >= 11 is 0. The van der Waals surface area contributed by atoms with Crippen LogP contribution in [0.3, 0.4) is 0 Å². The van der Waals surface area contributed by atoms with Crippen LogP contribution in [0.25, 0.3) is 0 Å². The molecule has 1 spiro atoms. The van der Waals surface area contributed by atoms with Crippen molar-refractivity contribution in [3.63, 3.8) is 0 Å². The zero-order valence-corrected chi connectivity index (χ0v) is 15.7. The number of hydrogen-bond acceptors (Lipinski definition) is 4. The molecule has 2 unspecified atom stereocenters. The van der Waals surface area contributed by atoms with Gasteiger partial charge in [0.15, 0.2) is 0 Å². The molecule has 0 aromatic heterocycles. The van der Waals surface area contributed by atoms with Crippen LogP contribution in [-0.4, -0.2) is 72.0 Å². The van der Waals surface area contributed by atoms with Crippen molar-refractivity contribution in [2.45, 2.75) is 38.9 Å². The minimum atomic E-state index is -0.679. The number of hydrogen-bond donors (Lipinski definition) is 1. The maximum atomic E-state index is 13.2. The van der Waals surface area contributed by atoms with Crippen molar-refractivity contribution in [1.82, 2.24) is 15.1 Å². The number of rotatable bonds is 2. The second-order valence-corrected chi connectivity index (χ2v) is 9.12. The Labute approximate surface area is 153 Å². The number of carbonyl (C=O) groups is 3. The zero-order valence-electron chi connectivity index (χ0n) is 15.7. The third kappa shape index (κ3) is 2.73. The number of carbonyl (C=O) groups excluding carboxylic acids is 3. The Morgan fingerprint density at radius 3 is 2.88 bits per heavy atom. The van der Waals surface area contributed by atoms with Crippen LogP contribution in [0, 0.1) is 17.3 Å². The topological polar surface area (TPSA) is 79.0 Å². The van der Waals surface area contributed by atoms with Crippen LogP contribution < -0.4 is 5.32 Å². The summed E-state index contributed by atoms with van der Waals surface area (Å²) in [7, 11) is 0. The van der Waals surface area contributed by atoms with E-state index >= 15 is 0 Å². The summed E-state index contributed by atoms with van der Waals surface area (Å²) in [6, 6.07) is 0. The van der Waals surface area contributed by atoms with Gasteiger partial charge >= 0.3 is 0 Å². The minimum absolute atomic E-state index is 0.00407. The lowest BCUT2D eigenvalue weighted by molar-refractivity contribution is -0.144. The number of nitrogens with one attached hydrogen (secondary N) is 1. The minimum Gasteiger partial charge on any atom is -0.360 e. The van der Waals surface area contributed by atoms with Crippen molar-refractivity contribution in [2.24, 2.45) is 17.3 Å². The monoisotopic (exact) mass is 361 g/mol. The number of nitrogens with zero attached hydrogens (tertiary/aromatic N) is 2. The van der Waals surface area contributed by atoms with E-state index < -0.39 is 17.4 Å². The molecule has 4 aliphatic heterocycles. The van der Waals surface area contributed by atoms with Crippen LogP contribution in [0.2, 0.25) is 0 Å². The lowest BCUT2D eigenvalue weighted by Gasteiger charge is -2.30. The molecule has 26 heavy (non-hydrogen) atoms. The molecule has 3 fully saturated rings. The predicted molar refractivity (Wildman–Crippen MR) is 94.0 cm³/mol. The van der Waals surface area contributed by atoms with Crippen molar-refractivity contribution in [2.75, 3.05) is 32.7 Å². The fourth-order valence-electron chi connectivity index (χ4n) is 4.77. The first-order valence-corrected chi connectivity index (χ1v) is 9.42. The van der Waals surface area contributed by atoms with E-state index in [9.17, 15) is 14.4 Å². The molecule has 4 aliphatic rings. The Balaban J connectivity index is 1.58. The highest BCUT2D eigenvalue weighted by Gasteiger charge is 2.67. The van der Waals surface area contributed by atoms with Gasteiger partial charge in [0.25, 0.3) is 0 Å². The number of likely N-dealkylation sites (tertiary alicyclic amines) is 1. The van der Waals surface area contributed by atoms with E-state index in [0.717, 1.165) is 6.42 Å². The van der Waals surface area contributed by atoms with Crippen molar-refractivity contribution in [3.8, 4) is 0 Å². The van der Waals surface area contributed by atoms with Gasteiger partial charge in [-0.3, -0.25) is 14.4 Å². The van der Waals surface area contributed by atoms with Gasteiger partial charge < -0.3 is 19.9 Å². The van der Waals surface area contributed by atoms with Crippen molar-refractivity contribution < 1.29 is 19.1 Å². The maximum absolute atomic E-state index is 13.2. The molecule has 142 valence electrons. The lowest BCUT2D eigenvalue weighted by Crippen LogP contribution is -2.48. The van der Waals surface area contributed by atoms with Crippen molar-refractivity contribution in [3.05, 3.63) is 12.2 Å². The molecule has 3 amide bonds. The Morgan fingerprint density at radius 1 is 1.38 bits per heavy atom. The number of fused-ring (bicyclic) bond motifs is 1. The molecule has 4 heterocycles. The van der Waals surface area contributed by atoms with E-state index in [4.69, 9.17) is 4.74 Å². The molecule has 7 nitrogen and oxygen atoms in total. The van der Waals surface area contributed by atoms with Crippen LogP contribution in [0.15, 0.2) is 12.2 Å². The molecule has 0 saturated carbocycles. The van der Waals surface area contributed by atoms with Crippen LogP contribution in [-0.2, 0) is 19.1 Å². The average Bonchev–Trinajstić information content (AvgIpc) is 3.10. The molecule has 0 aromatic carbocycles. The van der Waals surface area contributed by atoms with Crippen molar-refractivity contribution >= 4 is 17.7 Å². The Bertz CT molecular complexity index is 683. The summed E-state index contributed by atoms with van der Waals surface area (Å²) in [5, 5.41) is 2.79. The Hall–Kier alpha value is -1.89. The lowest BCUT2D eigenvalue weighted by atomic mass is 9.76. The van der Waals surface area contributed by atoms with Gasteiger partial charge in [-0.25, -0.2) is 0 Å². The molecule has 3 saturated heterocycles. The van der Waals surface area contributed by atoms with Crippen LogP contribution >= 0.6 is 0 Å². The summed E-state index contributed by atoms with van der Waals surface area (Å²) in [5.41, 5.74) is -0.698. The molecule has 4 atom stereocenters. The summed E-state index contributed by atoms with van der Waals surface area (Å²) in [4.78, 5) is 41.6. The molecule has 7 heteroatoms. The molecule has 0 radical (unpaired) electrons. The van der Waals surface area contributed by atoms with Crippen LogP contribution in [0.4, 0.5) is 0 Å². The molecular weight excluding hydrogens is 334 g/mol. The van der Waals surface area contributed by atoms with Crippen LogP contribution in [0.5, 0.6) is 0 Å². The van der Waals surface area contributed by atoms with Crippen LogP contribution in [0.1, 0.15) is 27.2 Å². The van der Waals surface area contributed by atoms with Gasteiger partial charge in [-0.1, -0.05) is 32.9 Å². The van der Waals surface area contributed by atoms with Gasteiger partial charge in [-0.2, -0.15) is 0 Å². The van der Waals surface area contributed by atoms with E-state index in [1.54, 1.807) is 4.90 Å². The van der Waals surface area contributed by atoms with Gasteiger partial charge in [0.05, 0.1) is 31.0 Å². The Kier molecular flexibility index (Phi) is 3.91. The first kappa shape index (κ1) is 17.5. The summed E-state index contributed by atoms with van der Waals surface area (Å²) in [6.45, 7) is 8.61. The van der Waals surface area contributed by atoms with E-state index in [1.165, 1.54) is 0 Å². The molecule has 4 rings (SSSR count). The highest BCUT2D eigenvalue weighted by Crippen LogP contribution is 2.52. The number of ether oxygens (including phenoxy) is 1. The van der Waals surface area contributed by atoms with Gasteiger partial charge in [0, 0.05) is 19.6 Å². The van der Waals surface area contributed by atoms with Gasteiger partial charge in [-0.15, -0.1) is 0 Å². The second-order valence-electron chi connectivity index (χ2n) is 9.12. The quantitative estimate of drug-likeness (QED) is 0.711. The number of amides is 3. The summed E-state index contributed by atoms with van der Waals surface area (Å²) < 4.78 is 6.16. The first-order chi connectivity index (χ1) is 12.2. The SMILES string of the molecule is CC(C)(C)CN1C[C@]23C=C[C@H](O2)C(C(=O)N2CCCNC(=O)C2)C3C1=O. The molecule has 2 bridgehead atoms. The summed E-state index contributed by atoms with van der Waals surface area (Å²) in [5.74, 6) is -1.27. The summed E-state index contributed by atoms with van der Waals surface area (Å²) in [6.07, 6.45) is 4.26. The van der Waals surface area contributed by atoms with E-state index in [2.05, 4.69) is 26.1 Å². The molecule has 0 aliphatic carbocycles. The van der Waals surface area contributed by atoms with E-state index in [-0.39, 0.29) is 35.8 Å². The standard InChI is InChI=1S/C19H27N3O4/c1-18(2,3)10-22-11-19-6-5-12(26-19)14(15(19)17(22)25)16(24)21-8-4-7-20-13(23)9-21/h5-6,12,14-15H,4,7-11H2,1-3H3,(H,20,23)/t12-,14?,15?,19-/m0/s1. The van der Waals surface area contributed by atoms with Gasteiger partial charge in [0.1, 0.15) is 5.60 Å². The average molecular weight is 361 g/mol. The van der Waals surface area contributed by atoms with Crippen molar-refractivity contribution in [1.29, 1.82) is 0 Å². The molecule has 1 N–H and O–H groups in total. The second kappa shape index (κ2) is 5.81. The van der Waals surface area contributed by atoms with Gasteiger partial charge in [0.2, 0.25) is 17.7 Å². The fraction of sp³-hybridized carbons (Fsp3) is 0.737. The zero-order chi connectivity index (χ0) is 18.7. The third-order valence-corrected chi connectivity index (χ3v) is 5.70. The third-order valence-electron chi connectivity index (χ3n) is 5.70.